The van der Waals surface area contributed by atoms with E-state index >= 15 is 0 Å². The van der Waals surface area contributed by atoms with Crippen molar-refractivity contribution in [3.05, 3.63) is 83.7 Å². The number of anilines is 1. The van der Waals surface area contributed by atoms with E-state index in [0.717, 1.165) is 48.7 Å². The Morgan fingerprint density at radius 3 is 2.59 bits per heavy atom. The number of hydrogen-bond donors (Lipinski definition) is 1. The number of pyridine rings is 1. The monoisotopic (exact) mass is 479 g/mol. The van der Waals surface area contributed by atoms with E-state index in [1.807, 2.05) is 54.6 Å². The van der Waals surface area contributed by atoms with Crippen molar-refractivity contribution in [3.63, 3.8) is 0 Å². The van der Waals surface area contributed by atoms with Crippen molar-refractivity contribution >= 4 is 23.3 Å². The Balaban J connectivity index is 1.69. The highest BCUT2D eigenvalue weighted by Crippen LogP contribution is 2.28. The topological polar surface area (TPSA) is 51.7 Å². The number of halogens is 1. The number of amides is 1. The van der Waals surface area contributed by atoms with E-state index in [2.05, 4.69) is 46.8 Å². The molecule has 2 aromatic rings. The average molecular weight is 480 g/mol. The number of aromatic nitrogens is 1. The van der Waals surface area contributed by atoms with Crippen molar-refractivity contribution < 1.29 is 4.79 Å². The van der Waals surface area contributed by atoms with Gasteiger partial charge in [0.25, 0.3) is 5.91 Å². The third kappa shape index (κ3) is 7.03. The number of aryl methyl sites for hydroxylation is 1. The molecule has 0 bridgehead atoms. The fourth-order valence-electron chi connectivity index (χ4n) is 3.76. The molecule has 6 nitrogen and oxygen atoms in total. The summed E-state index contributed by atoms with van der Waals surface area (Å²) in [6.45, 7) is 10.9. The lowest BCUT2D eigenvalue weighted by Gasteiger charge is -2.35. The normalized spacial score (nSPS) is 14.9. The van der Waals surface area contributed by atoms with Gasteiger partial charge in [0.05, 0.1) is 10.6 Å². The number of benzene rings is 1. The van der Waals surface area contributed by atoms with Crippen LogP contribution in [0, 0.1) is 6.92 Å². The molecule has 1 aromatic heterocycles. The first-order valence-electron chi connectivity index (χ1n) is 11.5. The minimum Gasteiger partial charge on any atom is -0.346 e. The minimum atomic E-state index is -0.0141. The van der Waals surface area contributed by atoms with Crippen LogP contribution in [0.4, 0.5) is 5.82 Å². The van der Waals surface area contributed by atoms with Crippen LogP contribution in [0.5, 0.6) is 0 Å². The Kier molecular flexibility index (Phi) is 9.45. The van der Waals surface area contributed by atoms with Crippen LogP contribution < -0.4 is 5.32 Å². The zero-order valence-electron chi connectivity index (χ0n) is 20.3. The molecular weight excluding hydrogens is 446 g/mol. The molecule has 1 saturated heterocycles. The molecular formula is C27H34ClN5O. The first-order chi connectivity index (χ1) is 16.4. The molecule has 0 radical (unpaired) electrons. The molecule has 0 unspecified atom stereocenters. The van der Waals surface area contributed by atoms with Gasteiger partial charge >= 0.3 is 0 Å². The number of hydrogen-bond acceptors (Lipinski definition) is 5. The predicted octanol–water partition coefficient (Wildman–Crippen LogP) is 4.70. The second-order valence-corrected chi connectivity index (χ2v) is 9.05. The molecule has 1 aliphatic heterocycles. The molecule has 1 aromatic carbocycles. The summed E-state index contributed by atoms with van der Waals surface area (Å²) >= 11 is 6.45. The summed E-state index contributed by atoms with van der Waals surface area (Å²) in [6, 6.07) is 7.67. The van der Waals surface area contributed by atoms with Crippen molar-refractivity contribution in [2.45, 2.75) is 6.92 Å². The maximum Gasteiger partial charge on any atom is 0.255 e. The third-order valence-electron chi connectivity index (χ3n) is 5.81. The molecule has 1 fully saturated rings. The van der Waals surface area contributed by atoms with Crippen LogP contribution in [0.15, 0.2) is 67.5 Å². The van der Waals surface area contributed by atoms with Crippen molar-refractivity contribution in [3.8, 4) is 11.1 Å². The van der Waals surface area contributed by atoms with Crippen molar-refractivity contribution in [1.82, 2.24) is 19.7 Å². The zero-order chi connectivity index (χ0) is 24.5. The van der Waals surface area contributed by atoms with Gasteiger partial charge in [0, 0.05) is 57.2 Å². The molecule has 34 heavy (non-hydrogen) atoms. The van der Waals surface area contributed by atoms with E-state index in [4.69, 9.17) is 11.6 Å². The molecule has 180 valence electrons. The molecule has 3 rings (SSSR count). The van der Waals surface area contributed by atoms with Crippen LogP contribution in [-0.2, 0) is 0 Å². The summed E-state index contributed by atoms with van der Waals surface area (Å²) in [6.07, 6.45) is 11.0. The summed E-state index contributed by atoms with van der Waals surface area (Å²) in [5.74, 6) is 0.768. The van der Waals surface area contributed by atoms with E-state index in [1.54, 1.807) is 12.1 Å². The van der Waals surface area contributed by atoms with Gasteiger partial charge in [0.15, 0.2) is 0 Å². The lowest BCUT2D eigenvalue weighted by molar-refractivity contribution is 0.0630. The lowest BCUT2D eigenvalue weighted by atomic mass is 10.0. The molecule has 7 heteroatoms. The van der Waals surface area contributed by atoms with Crippen LogP contribution in [0.1, 0.15) is 15.9 Å². The van der Waals surface area contributed by atoms with Crippen LogP contribution in [0.25, 0.3) is 11.1 Å². The van der Waals surface area contributed by atoms with Crippen LogP contribution in [0.2, 0.25) is 5.02 Å². The van der Waals surface area contributed by atoms with Crippen molar-refractivity contribution in [2.75, 3.05) is 58.7 Å². The maximum absolute atomic E-state index is 13.3. The van der Waals surface area contributed by atoms with Gasteiger partial charge < -0.3 is 15.1 Å². The highest BCUT2D eigenvalue weighted by Gasteiger charge is 2.24. The van der Waals surface area contributed by atoms with Crippen LogP contribution >= 0.6 is 11.6 Å². The predicted molar refractivity (Wildman–Crippen MR) is 142 cm³/mol. The summed E-state index contributed by atoms with van der Waals surface area (Å²) < 4.78 is 0. The van der Waals surface area contributed by atoms with E-state index in [9.17, 15) is 4.79 Å². The number of nitrogens with one attached hydrogen (secondary N) is 1. The first-order valence-corrected chi connectivity index (χ1v) is 11.9. The lowest BCUT2D eigenvalue weighted by Crippen LogP contribution is -2.50. The number of allylic oxidation sites excluding steroid dienone is 4. The highest BCUT2D eigenvalue weighted by molar-refractivity contribution is 6.34. The van der Waals surface area contributed by atoms with Gasteiger partial charge in [-0.1, -0.05) is 42.5 Å². The number of likely N-dealkylation sites (N-methyl/N-ethyl adjacent to an activating group) is 1. The molecule has 0 aliphatic carbocycles. The van der Waals surface area contributed by atoms with Crippen LogP contribution in [-0.4, -0.2) is 79.0 Å². The summed E-state index contributed by atoms with van der Waals surface area (Å²) in [5, 5.41) is 3.66. The standard InChI is InChI=1S/C27H34ClN5O/c1-5-6-7-8-11-29-26-21(2)18-23(20-30-26)22-9-10-25(28)24(19-22)27(34)33-16-14-32(15-17-33)13-12-31(3)4/h5-11,18-20H,1,12-17H2,2-4H3,(H,29,30)/b7-6+,11-8+. The highest BCUT2D eigenvalue weighted by atomic mass is 35.5. The second kappa shape index (κ2) is 12.5. The van der Waals surface area contributed by atoms with Crippen molar-refractivity contribution in [2.24, 2.45) is 0 Å². The van der Waals surface area contributed by atoms with E-state index in [-0.39, 0.29) is 5.91 Å². The molecule has 0 saturated carbocycles. The molecule has 0 atom stereocenters. The fraction of sp³-hybridized carbons (Fsp3) is 0.333. The van der Waals surface area contributed by atoms with E-state index in [1.165, 1.54) is 0 Å². The quantitative estimate of drug-likeness (QED) is 0.528. The molecule has 2 heterocycles. The number of piperazine rings is 1. The zero-order valence-corrected chi connectivity index (χ0v) is 21.1. The van der Waals surface area contributed by atoms with Gasteiger partial charge in [-0.05, 0) is 56.4 Å². The Hall–Kier alpha value is -2.93. The second-order valence-electron chi connectivity index (χ2n) is 8.65. The number of nitrogens with zero attached hydrogens (tertiary/aromatic N) is 4. The Bertz CT molecular complexity index is 1050. The van der Waals surface area contributed by atoms with Gasteiger partial charge in [-0.25, -0.2) is 4.98 Å². The smallest absolute Gasteiger partial charge is 0.255 e. The number of carbonyl (C=O) groups is 1. The largest absolute Gasteiger partial charge is 0.346 e. The molecule has 0 spiro atoms. The number of carbonyl (C=O) groups excluding carboxylic acids is 1. The Morgan fingerprint density at radius 1 is 1.15 bits per heavy atom. The van der Waals surface area contributed by atoms with Gasteiger partial charge in [0.2, 0.25) is 0 Å². The molecule has 1 aliphatic rings. The maximum atomic E-state index is 13.3. The summed E-state index contributed by atoms with van der Waals surface area (Å²) in [5.41, 5.74) is 3.41. The molecule has 1 N–H and O–H groups in total. The minimum absolute atomic E-state index is 0.0141. The van der Waals surface area contributed by atoms with Crippen LogP contribution in [0.3, 0.4) is 0 Å². The van der Waals surface area contributed by atoms with E-state index in [0.29, 0.717) is 23.7 Å². The van der Waals surface area contributed by atoms with Gasteiger partial charge in [0.1, 0.15) is 5.82 Å². The number of rotatable bonds is 9. The van der Waals surface area contributed by atoms with Crippen molar-refractivity contribution in [1.29, 1.82) is 0 Å². The SMILES string of the molecule is C=C/C=C/C=C/Nc1ncc(-c2ccc(Cl)c(C(=O)N3CCN(CCN(C)C)CC3)c2)cc1C. The third-order valence-corrected chi connectivity index (χ3v) is 6.14. The average Bonchev–Trinajstić information content (AvgIpc) is 2.83. The van der Waals surface area contributed by atoms with Gasteiger partial charge in [-0.3, -0.25) is 9.69 Å². The fourth-order valence-corrected chi connectivity index (χ4v) is 3.96. The Labute approximate surface area is 208 Å². The van der Waals surface area contributed by atoms with E-state index < -0.39 is 0 Å². The van der Waals surface area contributed by atoms with Gasteiger partial charge in [-0.2, -0.15) is 0 Å². The molecule has 1 amide bonds. The first kappa shape index (κ1) is 25.7. The Morgan fingerprint density at radius 2 is 1.91 bits per heavy atom. The summed E-state index contributed by atoms with van der Waals surface area (Å²) in [4.78, 5) is 24.3. The summed E-state index contributed by atoms with van der Waals surface area (Å²) in [7, 11) is 4.16. The van der Waals surface area contributed by atoms with Gasteiger partial charge in [-0.15, -0.1) is 0 Å².